The molecule has 2 aliphatic heterocycles. The van der Waals surface area contributed by atoms with Gasteiger partial charge in [-0.05, 0) is 71.7 Å². The fourth-order valence-corrected chi connectivity index (χ4v) is 4.98. The van der Waals surface area contributed by atoms with Gasteiger partial charge in [-0.2, -0.15) is 0 Å². The molecule has 0 saturated carbocycles. The van der Waals surface area contributed by atoms with Gasteiger partial charge in [0.25, 0.3) is 5.91 Å². The van der Waals surface area contributed by atoms with Gasteiger partial charge in [-0.15, -0.1) is 0 Å². The molecule has 0 aromatic heterocycles. The average Bonchev–Trinajstić information content (AvgIpc) is 3.34. The van der Waals surface area contributed by atoms with Crippen LogP contribution in [0.15, 0.2) is 40.9 Å². The molecule has 2 aliphatic rings. The molecule has 2 aromatic carbocycles. The van der Waals surface area contributed by atoms with Crippen LogP contribution in [-0.2, 0) is 6.54 Å². The Hall–Kier alpha value is -1.31. The number of hydrogen-bond acceptors (Lipinski definition) is 4. The van der Waals surface area contributed by atoms with Crippen LogP contribution >= 0.6 is 39.1 Å². The maximum Gasteiger partial charge on any atom is 0.251 e. The lowest BCUT2D eigenvalue weighted by Gasteiger charge is -2.19. The van der Waals surface area contributed by atoms with E-state index in [0.717, 1.165) is 55.8 Å². The molecule has 2 unspecified atom stereocenters. The number of nitrogens with zero attached hydrogens (tertiary/aromatic N) is 2. The molecule has 4 rings (SSSR count). The van der Waals surface area contributed by atoms with E-state index in [1.807, 2.05) is 0 Å². The number of likely N-dealkylation sites (tertiary alicyclic amines) is 2. The van der Waals surface area contributed by atoms with Crippen LogP contribution in [0.3, 0.4) is 0 Å². The molecule has 8 heteroatoms. The highest BCUT2D eigenvalue weighted by Gasteiger charge is 2.25. The largest absolute Gasteiger partial charge is 0.488 e. The first-order chi connectivity index (χ1) is 14.9. The molecule has 1 N–H and O–H groups in total. The number of hydrogen-bond donors (Lipinski definition) is 1. The number of amides is 1. The summed E-state index contributed by atoms with van der Waals surface area (Å²) in [6, 6.07) is 11.4. The van der Waals surface area contributed by atoms with Crippen LogP contribution in [0.2, 0.25) is 10.0 Å². The van der Waals surface area contributed by atoms with Crippen LogP contribution < -0.4 is 10.1 Å². The van der Waals surface area contributed by atoms with E-state index in [1.165, 1.54) is 5.56 Å². The van der Waals surface area contributed by atoms with E-state index in [1.54, 1.807) is 18.2 Å². The first kappa shape index (κ1) is 22.9. The van der Waals surface area contributed by atoms with Crippen molar-refractivity contribution in [2.24, 2.45) is 0 Å². The second-order valence-corrected chi connectivity index (χ2v) is 10.0. The first-order valence-electron chi connectivity index (χ1n) is 10.5. The number of nitrogens with one attached hydrogen (secondary N) is 1. The van der Waals surface area contributed by atoms with Crippen LogP contribution in [0.25, 0.3) is 0 Å². The molecular weight excluding hydrogens is 501 g/mol. The van der Waals surface area contributed by atoms with Gasteiger partial charge in [-0.25, -0.2) is 0 Å². The van der Waals surface area contributed by atoms with E-state index >= 15 is 0 Å². The maximum atomic E-state index is 12.5. The third-order valence-corrected chi connectivity index (χ3v) is 7.19. The number of likely N-dealkylation sites (N-methyl/N-ethyl adjacent to an activating group) is 1. The summed E-state index contributed by atoms with van der Waals surface area (Å²) in [5.41, 5.74) is 1.75. The first-order valence-corrected chi connectivity index (χ1v) is 12.0. The summed E-state index contributed by atoms with van der Waals surface area (Å²) >= 11 is 15.6. The van der Waals surface area contributed by atoms with Crippen molar-refractivity contribution < 1.29 is 9.53 Å². The van der Waals surface area contributed by atoms with Crippen molar-refractivity contribution >= 4 is 45.0 Å². The smallest absolute Gasteiger partial charge is 0.251 e. The van der Waals surface area contributed by atoms with Gasteiger partial charge < -0.3 is 15.0 Å². The molecule has 2 saturated heterocycles. The number of benzene rings is 2. The third-order valence-electron chi connectivity index (χ3n) is 5.83. The highest BCUT2D eigenvalue weighted by molar-refractivity contribution is 9.10. The summed E-state index contributed by atoms with van der Waals surface area (Å²) < 4.78 is 7.14. The van der Waals surface area contributed by atoms with Crippen molar-refractivity contribution in [3.8, 4) is 5.75 Å². The summed E-state index contributed by atoms with van der Waals surface area (Å²) in [6.45, 7) is 4.65. The SMILES string of the molecule is CN1CCC(Oc2ccc(CN3CCC(NC(=O)c4ccc(Cl)c(Cl)c4)C3)cc2Br)C1. The van der Waals surface area contributed by atoms with E-state index in [2.05, 4.69) is 56.3 Å². The Morgan fingerprint density at radius 1 is 1.13 bits per heavy atom. The van der Waals surface area contributed by atoms with Gasteiger partial charge in [-0.3, -0.25) is 9.69 Å². The van der Waals surface area contributed by atoms with E-state index in [0.29, 0.717) is 15.6 Å². The van der Waals surface area contributed by atoms with Crippen molar-refractivity contribution in [1.82, 2.24) is 15.1 Å². The zero-order valence-corrected chi connectivity index (χ0v) is 20.5. The topological polar surface area (TPSA) is 44.8 Å². The van der Waals surface area contributed by atoms with E-state index < -0.39 is 0 Å². The molecule has 0 aliphatic carbocycles. The van der Waals surface area contributed by atoms with Gasteiger partial charge in [0.1, 0.15) is 11.9 Å². The Morgan fingerprint density at radius 3 is 2.68 bits per heavy atom. The highest BCUT2D eigenvalue weighted by atomic mass is 79.9. The van der Waals surface area contributed by atoms with Crippen LogP contribution in [0.4, 0.5) is 0 Å². The van der Waals surface area contributed by atoms with E-state index in [9.17, 15) is 4.79 Å². The Kier molecular flexibility index (Phi) is 7.44. The third kappa shape index (κ3) is 5.93. The minimum Gasteiger partial charge on any atom is -0.488 e. The molecule has 2 fully saturated rings. The lowest BCUT2D eigenvalue weighted by Crippen LogP contribution is -2.37. The Bertz CT molecular complexity index is 958. The second kappa shape index (κ2) is 10.1. The van der Waals surface area contributed by atoms with Gasteiger partial charge in [0.2, 0.25) is 0 Å². The molecule has 0 bridgehead atoms. The summed E-state index contributed by atoms with van der Waals surface area (Å²) in [7, 11) is 2.12. The monoisotopic (exact) mass is 525 g/mol. The predicted molar refractivity (Wildman–Crippen MR) is 128 cm³/mol. The lowest BCUT2D eigenvalue weighted by molar-refractivity contribution is 0.0937. The Balaban J connectivity index is 1.29. The van der Waals surface area contributed by atoms with Crippen LogP contribution in [0.5, 0.6) is 5.75 Å². The van der Waals surface area contributed by atoms with Crippen molar-refractivity contribution in [2.75, 3.05) is 33.2 Å². The van der Waals surface area contributed by atoms with Crippen LogP contribution in [0, 0.1) is 0 Å². The molecule has 2 aromatic rings. The fourth-order valence-electron chi connectivity index (χ4n) is 4.17. The van der Waals surface area contributed by atoms with Crippen molar-refractivity contribution in [1.29, 1.82) is 0 Å². The molecule has 1 amide bonds. The second-order valence-electron chi connectivity index (χ2n) is 8.38. The van der Waals surface area contributed by atoms with E-state index in [4.69, 9.17) is 27.9 Å². The van der Waals surface area contributed by atoms with Gasteiger partial charge in [0, 0.05) is 44.3 Å². The average molecular weight is 527 g/mol. The van der Waals surface area contributed by atoms with Gasteiger partial charge in [-0.1, -0.05) is 29.3 Å². The zero-order valence-electron chi connectivity index (χ0n) is 17.4. The minimum absolute atomic E-state index is 0.118. The quantitative estimate of drug-likeness (QED) is 0.584. The standard InChI is InChI=1S/C23H26BrCl2N3O2/c1-28-8-7-18(14-28)31-22-5-2-15(10-19(22)24)12-29-9-6-17(13-29)27-23(30)16-3-4-20(25)21(26)11-16/h2-5,10-11,17-18H,6-9,12-14H2,1H3,(H,27,30). The summed E-state index contributed by atoms with van der Waals surface area (Å²) in [6.07, 6.45) is 2.24. The summed E-state index contributed by atoms with van der Waals surface area (Å²) in [5.74, 6) is 0.782. The highest BCUT2D eigenvalue weighted by Crippen LogP contribution is 2.29. The van der Waals surface area contributed by atoms with Gasteiger partial charge in [0.05, 0.1) is 14.5 Å². The number of carbonyl (C=O) groups excluding carboxylic acids is 1. The molecule has 2 atom stereocenters. The molecule has 166 valence electrons. The Labute approximate surface area is 201 Å². The lowest BCUT2D eigenvalue weighted by atomic mass is 10.2. The fraction of sp³-hybridized carbons (Fsp3) is 0.435. The minimum atomic E-state index is -0.118. The molecule has 0 radical (unpaired) electrons. The molecule has 31 heavy (non-hydrogen) atoms. The van der Waals surface area contributed by atoms with Gasteiger partial charge >= 0.3 is 0 Å². The molecular formula is C23H26BrCl2N3O2. The number of carbonyl (C=O) groups is 1. The van der Waals surface area contributed by atoms with E-state index in [-0.39, 0.29) is 18.1 Å². The van der Waals surface area contributed by atoms with Gasteiger partial charge in [0.15, 0.2) is 0 Å². The molecule has 2 heterocycles. The summed E-state index contributed by atoms with van der Waals surface area (Å²) in [4.78, 5) is 17.2. The van der Waals surface area contributed by atoms with Crippen molar-refractivity contribution in [2.45, 2.75) is 31.5 Å². The number of halogens is 3. The van der Waals surface area contributed by atoms with Crippen LogP contribution in [0.1, 0.15) is 28.8 Å². The Morgan fingerprint density at radius 2 is 1.97 bits per heavy atom. The van der Waals surface area contributed by atoms with Crippen molar-refractivity contribution in [3.05, 3.63) is 62.0 Å². The number of ether oxygens (including phenoxy) is 1. The predicted octanol–water partition coefficient (Wildman–Crippen LogP) is 4.84. The maximum absolute atomic E-state index is 12.5. The normalized spacial score (nSPS) is 22.1. The number of rotatable bonds is 6. The van der Waals surface area contributed by atoms with Crippen molar-refractivity contribution in [3.63, 3.8) is 0 Å². The van der Waals surface area contributed by atoms with Crippen LogP contribution in [-0.4, -0.2) is 61.1 Å². The molecule has 0 spiro atoms. The molecule has 5 nitrogen and oxygen atoms in total. The zero-order chi connectivity index (χ0) is 22.0. The summed E-state index contributed by atoms with van der Waals surface area (Å²) in [5, 5.41) is 3.94.